The number of aliphatic hydroxyl groups is 1. The summed E-state index contributed by atoms with van der Waals surface area (Å²) in [5.74, 6) is 1.81. The van der Waals surface area contributed by atoms with E-state index in [-0.39, 0.29) is 22.7 Å². The molecule has 1 heterocycles. The van der Waals surface area contributed by atoms with Crippen molar-refractivity contribution in [3.05, 3.63) is 58.8 Å². The zero-order chi connectivity index (χ0) is 24.4. The van der Waals surface area contributed by atoms with Crippen LogP contribution in [0.2, 0.25) is 0 Å². The normalized spacial score (nSPS) is 39.4. The van der Waals surface area contributed by atoms with Crippen LogP contribution in [-0.4, -0.2) is 30.2 Å². The van der Waals surface area contributed by atoms with E-state index in [4.69, 9.17) is 9.47 Å². The van der Waals surface area contributed by atoms with E-state index in [9.17, 15) is 5.11 Å². The van der Waals surface area contributed by atoms with Gasteiger partial charge in [-0.05, 0) is 78.9 Å². The Morgan fingerprint density at radius 2 is 1.74 bits per heavy atom. The van der Waals surface area contributed by atoms with Crippen LogP contribution >= 0.6 is 0 Å². The van der Waals surface area contributed by atoms with Gasteiger partial charge in [-0.1, -0.05) is 62.8 Å². The second-order valence-electron chi connectivity index (χ2n) is 13.2. The Morgan fingerprint density at radius 1 is 1.00 bits per heavy atom. The highest BCUT2D eigenvalue weighted by Crippen LogP contribution is 2.64. The van der Waals surface area contributed by atoms with Crippen molar-refractivity contribution in [3.63, 3.8) is 0 Å². The molecular weight excluding hydrogens is 432 g/mol. The standard InChI is InChI=1S/C32H42O3/c1-5-6-21-7-9-22(10-8-21)26-18-31(4)27(13-14-28(31)33)25-12-11-23-17-32(16-15-24(23)29(25)26)34-19-30(2,3)20-35-32/h6-10,23,25-28,33H,1,11-20H2,2-4H3. The summed E-state index contributed by atoms with van der Waals surface area (Å²) < 4.78 is 12.9. The van der Waals surface area contributed by atoms with Crippen LogP contribution in [0.25, 0.3) is 6.08 Å². The molecule has 4 fully saturated rings. The summed E-state index contributed by atoms with van der Waals surface area (Å²) in [5, 5.41) is 11.1. The van der Waals surface area contributed by atoms with E-state index in [0.717, 1.165) is 50.9 Å². The molecule has 1 aromatic carbocycles. The van der Waals surface area contributed by atoms with Crippen LogP contribution in [0, 0.1) is 28.6 Å². The van der Waals surface area contributed by atoms with E-state index < -0.39 is 0 Å². The SMILES string of the molecule is C=C=Cc1ccc(C2CC3(C)C(O)CCC3C3CCC4CC5(CCC4=C23)OCC(C)(C)CO5)cc1. The molecule has 4 aliphatic carbocycles. The quantitative estimate of drug-likeness (QED) is 0.370. The maximum absolute atomic E-state index is 11.1. The van der Waals surface area contributed by atoms with E-state index in [2.05, 4.69) is 57.3 Å². The molecule has 6 atom stereocenters. The molecule has 6 rings (SSSR count). The zero-order valence-corrected chi connectivity index (χ0v) is 21.8. The van der Waals surface area contributed by atoms with Crippen LogP contribution < -0.4 is 0 Å². The van der Waals surface area contributed by atoms with Crippen molar-refractivity contribution in [2.24, 2.45) is 28.6 Å². The second kappa shape index (κ2) is 8.45. The lowest BCUT2D eigenvalue weighted by molar-refractivity contribution is -0.312. The lowest BCUT2D eigenvalue weighted by Crippen LogP contribution is -2.52. The molecule has 0 amide bonds. The van der Waals surface area contributed by atoms with Gasteiger partial charge < -0.3 is 14.6 Å². The third-order valence-electron chi connectivity index (χ3n) is 10.3. The monoisotopic (exact) mass is 474 g/mol. The predicted molar refractivity (Wildman–Crippen MR) is 140 cm³/mol. The highest BCUT2D eigenvalue weighted by atomic mass is 16.7. The number of allylic oxidation sites excluding steroid dienone is 2. The molecule has 1 aliphatic heterocycles. The average molecular weight is 475 g/mol. The summed E-state index contributed by atoms with van der Waals surface area (Å²) in [5.41, 5.74) is 9.03. The van der Waals surface area contributed by atoms with Crippen molar-refractivity contribution in [2.75, 3.05) is 13.2 Å². The Bertz CT molecular complexity index is 1050. The largest absolute Gasteiger partial charge is 0.393 e. The van der Waals surface area contributed by atoms with Crippen LogP contribution in [0.5, 0.6) is 0 Å². The summed E-state index contributed by atoms with van der Waals surface area (Å²) in [7, 11) is 0. The summed E-state index contributed by atoms with van der Waals surface area (Å²) in [6, 6.07) is 9.03. The molecule has 0 radical (unpaired) electrons. The summed E-state index contributed by atoms with van der Waals surface area (Å²) in [6.45, 7) is 12.2. The molecule has 35 heavy (non-hydrogen) atoms. The highest BCUT2D eigenvalue weighted by molar-refractivity contribution is 5.50. The van der Waals surface area contributed by atoms with Gasteiger partial charge in [-0.25, -0.2) is 0 Å². The fourth-order valence-corrected chi connectivity index (χ4v) is 8.44. The highest BCUT2D eigenvalue weighted by Gasteiger charge is 2.57. The Balaban J connectivity index is 1.37. The number of hydrogen-bond donors (Lipinski definition) is 1. The van der Waals surface area contributed by atoms with Gasteiger partial charge in [0.15, 0.2) is 5.79 Å². The van der Waals surface area contributed by atoms with E-state index in [1.165, 1.54) is 24.8 Å². The number of benzene rings is 1. The van der Waals surface area contributed by atoms with E-state index >= 15 is 0 Å². The molecular formula is C32H42O3. The Kier molecular flexibility index (Phi) is 5.73. The first-order valence-electron chi connectivity index (χ1n) is 13.9. The molecule has 0 aromatic heterocycles. The van der Waals surface area contributed by atoms with Crippen molar-refractivity contribution >= 4 is 6.08 Å². The van der Waals surface area contributed by atoms with E-state index in [1.807, 2.05) is 6.08 Å². The van der Waals surface area contributed by atoms with Crippen LogP contribution in [-0.2, 0) is 9.47 Å². The van der Waals surface area contributed by atoms with Crippen molar-refractivity contribution in [1.29, 1.82) is 0 Å². The van der Waals surface area contributed by atoms with Gasteiger partial charge in [0.25, 0.3) is 0 Å². The van der Waals surface area contributed by atoms with Gasteiger partial charge in [0.2, 0.25) is 0 Å². The number of fused-ring (bicyclic) bond motifs is 4. The molecule has 3 nitrogen and oxygen atoms in total. The third-order valence-corrected chi connectivity index (χ3v) is 10.3. The molecule has 1 N–H and O–H groups in total. The molecule has 6 unspecified atom stereocenters. The fourth-order valence-electron chi connectivity index (χ4n) is 8.44. The topological polar surface area (TPSA) is 38.7 Å². The molecule has 1 aromatic rings. The van der Waals surface area contributed by atoms with Crippen LogP contribution in [0.15, 0.2) is 47.7 Å². The molecule has 1 saturated heterocycles. The molecule has 188 valence electrons. The van der Waals surface area contributed by atoms with Crippen molar-refractivity contribution in [2.45, 2.75) is 89.9 Å². The number of rotatable bonds is 2. The van der Waals surface area contributed by atoms with E-state index in [0.29, 0.717) is 23.7 Å². The summed E-state index contributed by atoms with van der Waals surface area (Å²) in [6.07, 6.45) is 10.5. The molecule has 3 saturated carbocycles. The minimum atomic E-state index is -0.377. The van der Waals surface area contributed by atoms with E-state index in [1.54, 1.807) is 11.1 Å². The first-order chi connectivity index (χ1) is 16.7. The van der Waals surface area contributed by atoms with Crippen LogP contribution in [0.1, 0.15) is 89.2 Å². The van der Waals surface area contributed by atoms with Gasteiger partial charge in [-0.3, -0.25) is 0 Å². The van der Waals surface area contributed by atoms with Gasteiger partial charge in [0.05, 0.1) is 19.3 Å². The number of ether oxygens (including phenoxy) is 2. The number of aliphatic hydroxyl groups excluding tert-OH is 1. The minimum Gasteiger partial charge on any atom is -0.393 e. The van der Waals surface area contributed by atoms with Crippen LogP contribution in [0.3, 0.4) is 0 Å². The molecule has 3 heteroatoms. The van der Waals surface area contributed by atoms with Gasteiger partial charge >= 0.3 is 0 Å². The van der Waals surface area contributed by atoms with Gasteiger partial charge in [0, 0.05) is 24.2 Å². The maximum Gasteiger partial charge on any atom is 0.169 e. The Morgan fingerprint density at radius 3 is 2.46 bits per heavy atom. The molecule has 1 spiro atoms. The zero-order valence-electron chi connectivity index (χ0n) is 21.8. The van der Waals surface area contributed by atoms with Crippen molar-refractivity contribution < 1.29 is 14.6 Å². The van der Waals surface area contributed by atoms with Gasteiger partial charge in [-0.15, -0.1) is 5.73 Å². The smallest absolute Gasteiger partial charge is 0.169 e. The predicted octanol–water partition coefficient (Wildman–Crippen LogP) is 7.03. The molecule has 5 aliphatic rings. The number of hydrogen-bond acceptors (Lipinski definition) is 3. The summed E-state index contributed by atoms with van der Waals surface area (Å²) in [4.78, 5) is 0. The lowest BCUT2D eigenvalue weighted by atomic mass is 9.52. The lowest BCUT2D eigenvalue weighted by Gasteiger charge is -2.55. The van der Waals surface area contributed by atoms with Gasteiger partial charge in [-0.2, -0.15) is 0 Å². The first-order valence-corrected chi connectivity index (χ1v) is 13.9. The fraction of sp³-hybridized carbons (Fsp3) is 0.656. The van der Waals surface area contributed by atoms with Crippen molar-refractivity contribution in [1.82, 2.24) is 0 Å². The van der Waals surface area contributed by atoms with Crippen molar-refractivity contribution in [3.8, 4) is 0 Å². The average Bonchev–Trinajstić information content (AvgIpc) is 3.15. The third kappa shape index (κ3) is 3.91. The van der Waals surface area contributed by atoms with Crippen LogP contribution in [0.4, 0.5) is 0 Å². The Labute approximate surface area is 211 Å². The van der Waals surface area contributed by atoms with Gasteiger partial charge in [0.1, 0.15) is 0 Å². The summed E-state index contributed by atoms with van der Waals surface area (Å²) >= 11 is 0. The first kappa shape index (κ1) is 23.7. The maximum atomic E-state index is 11.1. The second-order valence-corrected chi connectivity index (χ2v) is 13.2. The Hall–Kier alpha value is -1.64. The molecule has 0 bridgehead atoms. The minimum absolute atomic E-state index is 0.0169.